The van der Waals surface area contributed by atoms with Crippen LogP contribution < -0.4 is 0 Å². The fraction of sp³-hybridized carbons (Fsp3) is 0.462. The smallest absolute Gasteiger partial charge is 0.303 e. The molecule has 0 spiro atoms. The number of carbonyl (C=O) groups excluding carboxylic acids is 1. The molecule has 0 aliphatic rings. The molecule has 0 saturated carbocycles. The number of benzene rings is 1. The molecule has 0 heterocycles. The second kappa shape index (κ2) is 6.16. The molecule has 0 aromatic heterocycles. The van der Waals surface area contributed by atoms with Gasteiger partial charge in [0, 0.05) is 12.5 Å². The number of esters is 1. The molecule has 1 aromatic rings. The zero-order valence-electron chi connectivity index (χ0n) is 9.77. The van der Waals surface area contributed by atoms with Crippen LogP contribution in [0.25, 0.3) is 0 Å². The van der Waals surface area contributed by atoms with E-state index in [1.165, 1.54) is 6.92 Å². The number of hydrogen-bond donors (Lipinski definition) is 1. The van der Waals surface area contributed by atoms with Crippen molar-refractivity contribution in [3.8, 4) is 5.75 Å². The van der Waals surface area contributed by atoms with E-state index in [2.05, 4.69) is 6.92 Å². The maximum Gasteiger partial charge on any atom is 0.303 e. The summed E-state index contributed by atoms with van der Waals surface area (Å²) in [6.45, 7) is 3.47. The van der Waals surface area contributed by atoms with Crippen LogP contribution in [0, 0.1) is 0 Å². The van der Waals surface area contributed by atoms with E-state index in [-0.39, 0.29) is 17.8 Å². The Morgan fingerprint density at radius 2 is 2.12 bits per heavy atom. The number of carbonyl (C=O) groups is 1. The molecule has 1 N–H and O–H groups in total. The molecular weight excluding hydrogens is 204 g/mol. The number of hydrogen-bond acceptors (Lipinski definition) is 3. The van der Waals surface area contributed by atoms with Crippen molar-refractivity contribution >= 4 is 5.97 Å². The van der Waals surface area contributed by atoms with Crippen molar-refractivity contribution < 1.29 is 14.6 Å². The first-order chi connectivity index (χ1) is 7.65. The van der Waals surface area contributed by atoms with Gasteiger partial charge in [0.15, 0.2) is 0 Å². The largest absolute Gasteiger partial charge is 0.508 e. The molecule has 88 valence electrons. The number of ether oxygens (including phenoxy) is 1. The predicted molar refractivity (Wildman–Crippen MR) is 62.1 cm³/mol. The maximum atomic E-state index is 11.0. The highest BCUT2D eigenvalue weighted by Gasteiger charge is 2.17. The van der Waals surface area contributed by atoms with Gasteiger partial charge in [0.05, 0.1) is 0 Å². The molecule has 1 unspecified atom stereocenters. The summed E-state index contributed by atoms with van der Waals surface area (Å²) >= 11 is 0. The first-order valence-electron chi connectivity index (χ1n) is 5.60. The van der Waals surface area contributed by atoms with Gasteiger partial charge in [-0.25, -0.2) is 0 Å². The van der Waals surface area contributed by atoms with Gasteiger partial charge < -0.3 is 9.84 Å². The lowest BCUT2D eigenvalue weighted by molar-refractivity contribution is -0.147. The monoisotopic (exact) mass is 222 g/mol. The number of phenolic OH excluding ortho intramolecular Hbond substituents is 1. The first-order valence-corrected chi connectivity index (χ1v) is 5.60. The predicted octanol–water partition coefficient (Wildman–Crippen LogP) is 3.19. The molecule has 0 amide bonds. The van der Waals surface area contributed by atoms with E-state index in [1.54, 1.807) is 18.2 Å². The van der Waals surface area contributed by atoms with E-state index >= 15 is 0 Å². The van der Waals surface area contributed by atoms with Gasteiger partial charge >= 0.3 is 5.97 Å². The van der Waals surface area contributed by atoms with Gasteiger partial charge in [-0.2, -0.15) is 0 Å². The molecular formula is C13H18O3. The van der Waals surface area contributed by atoms with Crippen LogP contribution >= 0.6 is 0 Å². The highest BCUT2D eigenvalue weighted by atomic mass is 16.5. The lowest BCUT2D eigenvalue weighted by Gasteiger charge is -2.18. The van der Waals surface area contributed by atoms with Crippen LogP contribution in [0.5, 0.6) is 5.75 Å². The molecule has 0 radical (unpaired) electrons. The van der Waals surface area contributed by atoms with Gasteiger partial charge in [0.25, 0.3) is 0 Å². The Balaban J connectivity index is 2.82. The summed E-state index contributed by atoms with van der Waals surface area (Å²) in [6.07, 6.45) is 2.41. The van der Waals surface area contributed by atoms with Crippen molar-refractivity contribution in [3.63, 3.8) is 0 Å². The highest BCUT2D eigenvalue weighted by Crippen LogP contribution is 2.30. The molecule has 0 aliphatic heterocycles. The van der Waals surface area contributed by atoms with Crippen LogP contribution in [0.15, 0.2) is 24.3 Å². The second-order valence-electron chi connectivity index (χ2n) is 3.80. The Morgan fingerprint density at radius 1 is 1.44 bits per heavy atom. The number of rotatable bonds is 5. The normalized spacial score (nSPS) is 12.1. The van der Waals surface area contributed by atoms with Gasteiger partial charge in [-0.05, 0) is 18.9 Å². The summed E-state index contributed by atoms with van der Waals surface area (Å²) in [7, 11) is 0. The molecule has 16 heavy (non-hydrogen) atoms. The summed E-state index contributed by atoms with van der Waals surface area (Å²) in [4.78, 5) is 11.0. The van der Waals surface area contributed by atoms with Crippen molar-refractivity contribution in [2.45, 2.75) is 39.2 Å². The van der Waals surface area contributed by atoms with Crippen LogP contribution in [0.4, 0.5) is 0 Å². The second-order valence-corrected chi connectivity index (χ2v) is 3.80. The standard InChI is InChI=1S/C13H18O3/c1-3-4-9-13(16-10(2)14)11-7-5-6-8-12(11)15/h5-8,13,15H,3-4,9H2,1-2H3. The van der Waals surface area contributed by atoms with Crippen molar-refractivity contribution in [1.29, 1.82) is 0 Å². The zero-order chi connectivity index (χ0) is 12.0. The Kier molecular flexibility index (Phi) is 4.83. The molecule has 0 bridgehead atoms. The summed E-state index contributed by atoms with van der Waals surface area (Å²) in [5, 5.41) is 9.70. The number of phenols is 1. The van der Waals surface area contributed by atoms with Crippen molar-refractivity contribution in [2.24, 2.45) is 0 Å². The minimum Gasteiger partial charge on any atom is -0.508 e. The Labute approximate surface area is 96.1 Å². The fourth-order valence-electron chi connectivity index (χ4n) is 1.63. The molecule has 3 heteroatoms. The topological polar surface area (TPSA) is 46.5 Å². The molecule has 0 aliphatic carbocycles. The zero-order valence-corrected chi connectivity index (χ0v) is 9.77. The lowest BCUT2D eigenvalue weighted by Crippen LogP contribution is -2.08. The van der Waals surface area contributed by atoms with E-state index in [1.807, 2.05) is 6.07 Å². The average molecular weight is 222 g/mol. The summed E-state index contributed by atoms with van der Waals surface area (Å²) in [5.74, 6) is -0.130. The van der Waals surface area contributed by atoms with E-state index in [0.29, 0.717) is 5.56 Å². The van der Waals surface area contributed by atoms with E-state index in [4.69, 9.17) is 4.74 Å². The molecule has 0 fully saturated rings. The maximum absolute atomic E-state index is 11.0. The first kappa shape index (κ1) is 12.6. The van der Waals surface area contributed by atoms with Crippen LogP contribution in [0.1, 0.15) is 44.8 Å². The fourth-order valence-corrected chi connectivity index (χ4v) is 1.63. The number of unbranched alkanes of at least 4 members (excludes halogenated alkanes) is 1. The van der Waals surface area contributed by atoms with Crippen molar-refractivity contribution in [2.75, 3.05) is 0 Å². The third-order valence-electron chi connectivity index (χ3n) is 2.41. The van der Waals surface area contributed by atoms with E-state index < -0.39 is 0 Å². The summed E-state index contributed by atoms with van der Waals surface area (Å²) in [6, 6.07) is 6.98. The summed E-state index contributed by atoms with van der Waals surface area (Å²) in [5.41, 5.74) is 0.686. The molecule has 0 saturated heterocycles. The van der Waals surface area contributed by atoms with Crippen molar-refractivity contribution in [1.82, 2.24) is 0 Å². The molecule has 1 atom stereocenters. The molecule has 3 nitrogen and oxygen atoms in total. The van der Waals surface area contributed by atoms with Crippen LogP contribution in [-0.2, 0) is 9.53 Å². The number of aromatic hydroxyl groups is 1. The number of para-hydroxylation sites is 1. The van der Waals surface area contributed by atoms with Crippen LogP contribution in [-0.4, -0.2) is 11.1 Å². The third kappa shape index (κ3) is 3.57. The van der Waals surface area contributed by atoms with Crippen LogP contribution in [0.2, 0.25) is 0 Å². The highest BCUT2D eigenvalue weighted by molar-refractivity contribution is 5.66. The van der Waals surface area contributed by atoms with Gasteiger partial charge in [0.1, 0.15) is 11.9 Å². The SMILES string of the molecule is CCCCC(OC(C)=O)c1ccccc1O. The molecule has 1 rings (SSSR count). The Hall–Kier alpha value is -1.51. The van der Waals surface area contributed by atoms with Gasteiger partial charge in [-0.1, -0.05) is 31.5 Å². The molecule has 1 aromatic carbocycles. The van der Waals surface area contributed by atoms with Gasteiger partial charge in [-0.3, -0.25) is 4.79 Å². The van der Waals surface area contributed by atoms with E-state index in [9.17, 15) is 9.90 Å². The van der Waals surface area contributed by atoms with Crippen molar-refractivity contribution in [3.05, 3.63) is 29.8 Å². The van der Waals surface area contributed by atoms with Gasteiger partial charge in [-0.15, -0.1) is 0 Å². The third-order valence-corrected chi connectivity index (χ3v) is 2.41. The minimum atomic E-state index is -0.335. The lowest BCUT2D eigenvalue weighted by atomic mass is 10.0. The average Bonchev–Trinajstić information content (AvgIpc) is 2.24. The minimum absolute atomic E-state index is 0.185. The Bertz CT molecular complexity index is 347. The van der Waals surface area contributed by atoms with E-state index in [0.717, 1.165) is 19.3 Å². The van der Waals surface area contributed by atoms with Gasteiger partial charge in [0.2, 0.25) is 0 Å². The Morgan fingerprint density at radius 3 is 2.69 bits per heavy atom. The quantitative estimate of drug-likeness (QED) is 0.778. The summed E-state index contributed by atoms with van der Waals surface area (Å²) < 4.78 is 5.22. The van der Waals surface area contributed by atoms with Crippen LogP contribution in [0.3, 0.4) is 0 Å².